The highest BCUT2D eigenvalue weighted by molar-refractivity contribution is 7.89. The minimum Gasteiger partial charge on any atom is -0.278 e. The van der Waals surface area contributed by atoms with Crippen LogP contribution in [0.25, 0.3) is 0 Å². The van der Waals surface area contributed by atoms with E-state index in [1.165, 1.54) is 29.4 Å². The van der Waals surface area contributed by atoms with Gasteiger partial charge in [0, 0.05) is 25.5 Å². The van der Waals surface area contributed by atoms with Gasteiger partial charge in [0.2, 0.25) is 21.9 Å². The molecule has 0 unspecified atom stereocenters. The molecule has 1 fully saturated rings. The monoisotopic (exact) mass is 337 g/mol. The van der Waals surface area contributed by atoms with E-state index in [4.69, 9.17) is 0 Å². The maximum Gasteiger partial charge on any atom is 0.245 e. The summed E-state index contributed by atoms with van der Waals surface area (Å²) < 4.78 is 38.8. The van der Waals surface area contributed by atoms with Crippen molar-refractivity contribution < 1.29 is 17.6 Å². The Kier molecular flexibility index (Phi) is 4.01. The first-order chi connectivity index (χ1) is 11.0. The Morgan fingerprint density at radius 1 is 1.13 bits per heavy atom. The summed E-state index contributed by atoms with van der Waals surface area (Å²) >= 11 is 0. The van der Waals surface area contributed by atoms with E-state index in [1.807, 2.05) is 0 Å². The lowest BCUT2D eigenvalue weighted by molar-refractivity contribution is -0.120. The smallest absolute Gasteiger partial charge is 0.245 e. The molecule has 8 nitrogen and oxygen atoms in total. The molecule has 2 aromatic rings. The summed E-state index contributed by atoms with van der Waals surface area (Å²) in [5.74, 6) is -1.04. The van der Waals surface area contributed by atoms with Crippen molar-refractivity contribution in [2.75, 3.05) is 24.5 Å². The molecule has 120 valence electrons. The lowest BCUT2D eigenvalue weighted by Gasteiger charge is -2.32. The van der Waals surface area contributed by atoms with Gasteiger partial charge in [-0.3, -0.25) is 14.7 Å². The summed E-state index contributed by atoms with van der Waals surface area (Å²) in [5.41, 5.74) is 0. The van der Waals surface area contributed by atoms with E-state index in [2.05, 4.69) is 15.0 Å². The zero-order chi connectivity index (χ0) is 16.4. The molecular weight excluding hydrogens is 325 g/mol. The van der Waals surface area contributed by atoms with Crippen LogP contribution in [0.4, 0.5) is 10.3 Å². The summed E-state index contributed by atoms with van der Waals surface area (Å²) in [6.45, 7) is -0.161. The highest BCUT2D eigenvalue weighted by Gasteiger charge is 2.34. The Bertz CT molecular complexity index is 813. The molecule has 10 heteroatoms. The first kappa shape index (κ1) is 15.4. The molecule has 2 aromatic heterocycles. The number of pyridine rings is 1. The fraction of sp³-hybridized carbons (Fsp3) is 0.231. The number of hydrogen-bond donors (Lipinski definition) is 0. The molecule has 0 aliphatic carbocycles. The minimum absolute atomic E-state index is 0.0271. The molecular formula is C13H12FN5O3S. The lowest BCUT2D eigenvalue weighted by atomic mass is 10.4. The highest BCUT2D eigenvalue weighted by Crippen LogP contribution is 2.19. The molecule has 3 heterocycles. The molecule has 0 atom stereocenters. The number of hydrogen-bond acceptors (Lipinski definition) is 6. The first-order valence-electron chi connectivity index (χ1n) is 6.66. The average Bonchev–Trinajstić information content (AvgIpc) is 2.56. The summed E-state index contributed by atoms with van der Waals surface area (Å²) in [4.78, 5) is 24.7. The van der Waals surface area contributed by atoms with Gasteiger partial charge in [-0.25, -0.2) is 22.8 Å². The Morgan fingerprint density at radius 3 is 2.48 bits per heavy atom. The molecule has 1 aliphatic rings. The van der Waals surface area contributed by atoms with Gasteiger partial charge < -0.3 is 0 Å². The maximum atomic E-state index is 12.8. The van der Waals surface area contributed by atoms with Gasteiger partial charge in [-0.2, -0.15) is 4.31 Å². The predicted molar refractivity (Wildman–Crippen MR) is 77.3 cm³/mol. The molecule has 3 rings (SSSR count). The number of aromatic nitrogens is 3. The summed E-state index contributed by atoms with van der Waals surface area (Å²) in [6, 6.07) is 2.93. The van der Waals surface area contributed by atoms with Crippen molar-refractivity contribution in [1.82, 2.24) is 19.3 Å². The first-order valence-corrected chi connectivity index (χ1v) is 8.10. The predicted octanol–water partition coefficient (Wildman–Crippen LogP) is 0.0482. The third-order valence-corrected chi connectivity index (χ3v) is 5.13. The van der Waals surface area contributed by atoms with E-state index in [9.17, 15) is 17.6 Å². The fourth-order valence-corrected chi connectivity index (χ4v) is 3.51. The molecule has 0 radical (unpaired) electrons. The molecule has 0 aromatic carbocycles. The Labute approximate surface area is 131 Å². The van der Waals surface area contributed by atoms with Gasteiger partial charge in [0.05, 0.1) is 18.9 Å². The van der Waals surface area contributed by atoms with Gasteiger partial charge in [-0.05, 0) is 12.1 Å². The quantitative estimate of drug-likeness (QED) is 0.785. The number of amides is 1. The van der Waals surface area contributed by atoms with Crippen molar-refractivity contribution in [3.05, 3.63) is 42.7 Å². The van der Waals surface area contributed by atoms with Crippen molar-refractivity contribution in [1.29, 1.82) is 0 Å². The van der Waals surface area contributed by atoms with Crippen molar-refractivity contribution in [3.63, 3.8) is 0 Å². The van der Waals surface area contributed by atoms with Crippen LogP contribution < -0.4 is 4.90 Å². The lowest BCUT2D eigenvalue weighted by Crippen LogP contribution is -2.52. The van der Waals surface area contributed by atoms with Crippen LogP contribution in [0.5, 0.6) is 0 Å². The molecule has 0 bridgehead atoms. The molecule has 0 N–H and O–H groups in total. The summed E-state index contributed by atoms with van der Waals surface area (Å²) in [6.07, 6.45) is 4.60. The zero-order valence-electron chi connectivity index (χ0n) is 11.8. The number of nitrogens with zero attached hydrogens (tertiary/aromatic N) is 5. The molecule has 1 saturated heterocycles. The number of piperazine rings is 1. The van der Waals surface area contributed by atoms with Gasteiger partial charge in [0.25, 0.3) is 0 Å². The number of rotatable bonds is 3. The normalized spacial score (nSPS) is 16.6. The Balaban J connectivity index is 1.79. The van der Waals surface area contributed by atoms with Gasteiger partial charge in [0.15, 0.2) is 5.82 Å². The van der Waals surface area contributed by atoms with Crippen LogP contribution in [-0.2, 0) is 14.8 Å². The Hall–Kier alpha value is -2.46. The molecule has 0 saturated carbocycles. The summed E-state index contributed by atoms with van der Waals surface area (Å²) in [5, 5.41) is 0. The van der Waals surface area contributed by atoms with E-state index >= 15 is 0 Å². The Morgan fingerprint density at radius 2 is 1.87 bits per heavy atom. The van der Waals surface area contributed by atoms with E-state index in [0.29, 0.717) is 0 Å². The second-order valence-corrected chi connectivity index (χ2v) is 6.71. The topological polar surface area (TPSA) is 96.4 Å². The van der Waals surface area contributed by atoms with Crippen LogP contribution >= 0.6 is 0 Å². The van der Waals surface area contributed by atoms with Gasteiger partial charge >= 0.3 is 0 Å². The zero-order valence-corrected chi connectivity index (χ0v) is 12.6. The molecule has 23 heavy (non-hydrogen) atoms. The van der Waals surface area contributed by atoms with Crippen LogP contribution in [-0.4, -0.2) is 53.2 Å². The van der Waals surface area contributed by atoms with Crippen molar-refractivity contribution in [3.8, 4) is 0 Å². The SMILES string of the molecule is O=C1CN(S(=O)(=O)c2cccnc2)CCN1c1ncc(F)cn1. The van der Waals surface area contributed by atoms with Crippen LogP contribution in [0.3, 0.4) is 0 Å². The second-order valence-electron chi connectivity index (χ2n) is 4.77. The highest BCUT2D eigenvalue weighted by atomic mass is 32.2. The van der Waals surface area contributed by atoms with Gasteiger partial charge in [-0.15, -0.1) is 0 Å². The third-order valence-electron chi connectivity index (χ3n) is 3.31. The van der Waals surface area contributed by atoms with Crippen LogP contribution in [0.1, 0.15) is 0 Å². The van der Waals surface area contributed by atoms with E-state index in [0.717, 1.165) is 16.7 Å². The van der Waals surface area contributed by atoms with Crippen molar-refractivity contribution in [2.45, 2.75) is 4.90 Å². The standard InChI is InChI=1S/C13H12FN5O3S/c14-10-6-16-13(17-7-10)19-5-4-18(9-12(19)20)23(21,22)11-2-1-3-15-8-11/h1-3,6-8H,4-5,9H2. The fourth-order valence-electron chi connectivity index (χ4n) is 2.16. The van der Waals surface area contributed by atoms with E-state index in [1.54, 1.807) is 0 Å². The largest absolute Gasteiger partial charge is 0.278 e. The van der Waals surface area contributed by atoms with Crippen LogP contribution in [0.2, 0.25) is 0 Å². The minimum atomic E-state index is -3.78. The van der Waals surface area contributed by atoms with Gasteiger partial charge in [-0.1, -0.05) is 0 Å². The van der Waals surface area contributed by atoms with Crippen LogP contribution in [0, 0.1) is 5.82 Å². The van der Waals surface area contributed by atoms with Crippen molar-refractivity contribution >= 4 is 21.9 Å². The van der Waals surface area contributed by atoms with E-state index < -0.39 is 21.7 Å². The molecule has 1 amide bonds. The molecule has 0 spiro atoms. The van der Waals surface area contributed by atoms with Crippen molar-refractivity contribution in [2.24, 2.45) is 0 Å². The number of halogens is 1. The molecule has 1 aliphatic heterocycles. The van der Waals surface area contributed by atoms with Crippen LogP contribution in [0.15, 0.2) is 41.8 Å². The number of sulfonamides is 1. The average molecular weight is 337 g/mol. The number of anilines is 1. The van der Waals surface area contributed by atoms with Gasteiger partial charge in [0.1, 0.15) is 4.90 Å². The third kappa shape index (κ3) is 3.03. The van der Waals surface area contributed by atoms with E-state index in [-0.39, 0.29) is 30.5 Å². The maximum absolute atomic E-state index is 12.8. The summed E-state index contributed by atoms with van der Waals surface area (Å²) in [7, 11) is -3.78. The second kappa shape index (κ2) is 5.97. The number of carbonyl (C=O) groups is 1. The number of carbonyl (C=O) groups excluding carboxylic acids is 1.